The van der Waals surface area contributed by atoms with Gasteiger partial charge in [0, 0.05) is 70.5 Å². The van der Waals surface area contributed by atoms with Gasteiger partial charge in [0.25, 0.3) is 11.8 Å². The smallest absolute Gasteiger partial charge is 0.264 e. The summed E-state index contributed by atoms with van der Waals surface area (Å²) in [6.07, 6.45) is 5.14. The monoisotopic (exact) mass is 546 g/mol. The maximum Gasteiger partial charge on any atom is 0.264 e. The van der Waals surface area contributed by atoms with Crippen molar-refractivity contribution >= 4 is 41.8 Å². The third kappa shape index (κ3) is 5.33. The maximum atomic E-state index is 13.5. The molecule has 1 N–H and O–H groups in total. The van der Waals surface area contributed by atoms with Crippen LogP contribution in [0.15, 0.2) is 36.5 Å². The molecular weight excluding hydrogens is 512 g/mol. The number of nitrogens with one attached hydrogen (secondary N) is 1. The highest BCUT2D eigenvalue weighted by molar-refractivity contribution is 6.24. The molecule has 1 atom stereocenters. The van der Waals surface area contributed by atoms with Crippen molar-refractivity contribution in [2.24, 2.45) is 0 Å². The number of anilines is 2. The summed E-state index contributed by atoms with van der Waals surface area (Å²) in [6, 6.07) is 8.44. The van der Waals surface area contributed by atoms with Crippen molar-refractivity contribution in [2.45, 2.75) is 37.8 Å². The van der Waals surface area contributed by atoms with Crippen LogP contribution in [0.1, 0.15) is 56.8 Å². The number of piperidine rings is 1. The molecule has 2 saturated heterocycles. The number of benzene rings is 1. The Kier molecular flexibility index (Phi) is 8.20. The summed E-state index contributed by atoms with van der Waals surface area (Å²) >= 11 is 0. The average molecular weight is 547 g/mol. The first-order chi connectivity index (χ1) is 19.4. The van der Waals surface area contributed by atoms with Crippen molar-refractivity contribution in [3.05, 3.63) is 53.2 Å². The second kappa shape index (κ2) is 12.0. The minimum Gasteiger partial charge on any atom is -0.368 e. The molecule has 4 heterocycles. The molecule has 0 saturated carbocycles. The van der Waals surface area contributed by atoms with E-state index in [-0.39, 0.29) is 18.7 Å². The Morgan fingerprint density at radius 3 is 2.38 bits per heavy atom. The molecule has 1 unspecified atom stereocenters. The Bertz CT molecular complexity index is 1280. The largest absolute Gasteiger partial charge is 0.368 e. The Labute approximate surface area is 233 Å². The quantitative estimate of drug-likeness (QED) is 0.367. The van der Waals surface area contributed by atoms with Crippen LogP contribution in [0.25, 0.3) is 0 Å². The number of imide groups is 1. The van der Waals surface area contributed by atoms with E-state index < -0.39 is 17.9 Å². The van der Waals surface area contributed by atoms with Crippen LogP contribution in [-0.2, 0) is 9.59 Å². The van der Waals surface area contributed by atoms with Gasteiger partial charge in [0.1, 0.15) is 12.1 Å². The van der Waals surface area contributed by atoms with Gasteiger partial charge in [-0.1, -0.05) is 6.07 Å². The number of carbonyl (C=O) groups excluding carboxylic acids is 5. The number of rotatable bonds is 9. The zero-order valence-electron chi connectivity index (χ0n) is 22.6. The number of aromatic nitrogens is 1. The number of hydrogen-bond acceptors (Lipinski definition) is 9. The first kappa shape index (κ1) is 27.4. The van der Waals surface area contributed by atoms with Gasteiger partial charge in [-0.15, -0.1) is 0 Å². The van der Waals surface area contributed by atoms with E-state index in [1.165, 1.54) is 7.05 Å². The third-order valence-electron chi connectivity index (χ3n) is 8.23. The van der Waals surface area contributed by atoms with Gasteiger partial charge in [-0.2, -0.15) is 0 Å². The van der Waals surface area contributed by atoms with Crippen molar-refractivity contribution in [3.63, 3.8) is 0 Å². The van der Waals surface area contributed by atoms with Crippen molar-refractivity contribution < 1.29 is 24.0 Å². The predicted molar refractivity (Wildman–Crippen MR) is 149 cm³/mol. The van der Waals surface area contributed by atoms with E-state index in [4.69, 9.17) is 0 Å². The summed E-state index contributed by atoms with van der Waals surface area (Å²) in [5, 5.41) is 2.50. The van der Waals surface area contributed by atoms with E-state index in [0.717, 1.165) is 69.1 Å². The second-order valence-electron chi connectivity index (χ2n) is 10.4. The third-order valence-corrected chi connectivity index (χ3v) is 8.23. The predicted octanol–water partition coefficient (Wildman–Crippen LogP) is 1.37. The van der Waals surface area contributed by atoms with E-state index in [2.05, 4.69) is 25.0 Å². The summed E-state index contributed by atoms with van der Waals surface area (Å²) in [6.45, 7) is 4.93. The molecule has 3 amide bonds. The fourth-order valence-electron chi connectivity index (χ4n) is 5.95. The van der Waals surface area contributed by atoms with Crippen LogP contribution in [0.5, 0.6) is 0 Å². The topological polar surface area (TPSA) is 123 Å². The molecule has 3 aliphatic heterocycles. The minimum atomic E-state index is -0.988. The lowest BCUT2D eigenvalue weighted by molar-refractivity contribution is -0.121. The second-order valence-corrected chi connectivity index (χ2v) is 10.4. The molecule has 2 fully saturated rings. The zero-order valence-corrected chi connectivity index (χ0v) is 22.6. The molecule has 40 heavy (non-hydrogen) atoms. The van der Waals surface area contributed by atoms with Gasteiger partial charge < -0.3 is 19.9 Å². The van der Waals surface area contributed by atoms with E-state index in [1.54, 1.807) is 24.4 Å². The van der Waals surface area contributed by atoms with Crippen LogP contribution >= 0.6 is 0 Å². The lowest BCUT2D eigenvalue weighted by Crippen LogP contribution is -2.53. The zero-order chi connectivity index (χ0) is 28.2. The maximum absolute atomic E-state index is 13.5. The van der Waals surface area contributed by atoms with E-state index in [9.17, 15) is 24.0 Å². The number of amides is 3. The average Bonchev–Trinajstić information content (AvgIpc) is 3.27. The van der Waals surface area contributed by atoms with Gasteiger partial charge in [-0.25, -0.2) is 4.98 Å². The number of aldehydes is 2. The summed E-state index contributed by atoms with van der Waals surface area (Å²) in [4.78, 5) is 73.4. The number of piperazine rings is 1. The molecule has 0 spiro atoms. The molecule has 1 aromatic heterocycles. The normalized spacial score (nSPS) is 19.0. The Hall–Kier alpha value is -4.12. The molecule has 2 aromatic rings. The molecule has 11 nitrogen and oxygen atoms in total. The summed E-state index contributed by atoms with van der Waals surface area (Å²) < 4.78 is 0. The van der Waals surface area contributed by atoms with Crippen molar-refractivity contribution in [1.82, 2.24) is 20.1 Å². The van der Waals surface area contributed by atoms with Crippen LogP contribution in [0, 0.1) is 0 Å². The van der Waals surface area contributed by atoms with Crippen molar-refractivity contribution in [1.29, 1.82) is 0 Å². The fourth-order valence-corrected chi connectivity index (χ4v) is 5.95. The van der Waals surface area contributed by atoms with Gasteiger partial charge in [-0.05, 0) is 43.5 Å². The highest BCUT2D eigenvalue weighted by atomic mass is 16.2. The molecule has 5 rings (SSSR count). The fraction of sp³-hybridized carbons (Fsp3) is 0.448. The van der Waals surface area contributed by atoms with Crippen molar-refractivity contribution in [2.75, 3.05) is 56.1 Å². The molecule has 1 aromatic carbocycles. The highest BCUT2D eigenvalue weighted by Gasteiger charge is 2.42. The lowest BCUT2D eigenvalue weighted by Gasteiger charge is -2.43. The lowest BCUT2D eigenvalue weighted by atomic mass is 10.0. The molecule has 210 valence electrons. The van der Waals surface area contributed by atoms with Gasteiger partial charge in [0.05, 0.1) is 22.9 Å². The summed E-state index contributed by atoms with van der Waals surface area (Å²) in [7, 11) is 1.50. The van der Waals surface area contributed by atoms with Crippen LogP contribution < -0.4 is 15.1 Å². The number of nitrogens with zero attached hydrogens (tertiary/aromatic N) is 5. The Balaban J connectivity index is 1.20. The molecular formula is C29H34N6O5. The van der Waals surface area contributed by atoms with Crippen LogP contribution in [0.4, 0.5) is 11.5 Å². The van der Waals surface area contributed by atoms with Gasteiger partial charge >= 0.3 is 0 Å². The molecule has 0 aliphatic carbocycles. The van der Waals surface area contributed by atoms with Gasteiger partial charge in [-0.3, -0.25) is 29.0 Å². The van der Waals surface area contributed by atoms with E-state index >= 15 is 0 Å². The first-order valence-electron chi connectivity index (χ1n) is 13.8. The summed E-state index contributed by atoms with van der Waals surface area (Å²) in [5.41, 5.74) is 1.94. The van der Waals surface area contributed by atoms with E-state index in [1.807, 2.05) is 12.1 Å². The molecule has 3 aliphatic rings. The van der Waals surface area contributed by atoms with Crippen LogP contribution in [0.2, 0.25) is 0 Å². The Morgan fingerprint density at radius 1 is 1.00 bits per heavy atom. The van der Waals surface area contributed by atoms with Crippen LogP contribution in [0.3, 0.4) is 0 Å². The standard InChI is InChI=1S/C29H34N6O5/c1-30-26(38)8-6-22(19-37)35-28(39)23-3-2-4-24(27(23)29(35)40)33-15-13-32(14-16-33)21-9-11-34(12-10-21)25-7-5-20(18-36)17-31-25/h2-5,7,17-19,21-22H,6,8-16H2,1H3,(H,30,38). The van der Waals surface area contributed by atoms with Gasteiger partial charge in [0.15, 0.2) is 6.29 Å². The van der Waals surface area contributed by atoms with Gasteiger partial charge in [0.2, 0.25) is 5.91 Å². The first-order valence-corrected chi connectivity index (χ1v) is 13.8. The highest BCUT2D eigenvalue weighted by Crippen LogP contribution is 2.34. The SMILES string of the molecule is CNC(=O)CCC(C=O)N1C(=O)c2cccc(N3CCN(C4CCN(c5ccc(C=O)cn5)CC4)CC3)c2C1=O. The minimum absolute atomic E-state index is 0.0457. The van der Waals surface area contributed by atoms with Crippen molar-refractivity contribution in [3.8, 4) is 0 Å². The Morgan fingerprint density at radius 2 is 1.75 bits per heavy atom. The number of pyridine rings is 1. The van der Waals surface area contributed by atoms with E-state index in [0.29, 0.717) is 34.7 Å². The molecule has 11 heteroatoms. The number of fused-ring (bicyclic) bond motifs is 1. The number of hydrogen-bond donors (Lipinski definition) is 1. The van der Waals surface area contributed by atoms with Crippen LogP contribution in [-0.4, -0.2) is 103 Å². The molecule has 0 bridgehead atoms. The number of carbonyl (C=O) groups is 5. The molecule has 0 radical (unpaired) electrons. The summed E-state index contributed by atoms with van der Waals surface area (Å²) in [5.74, 6) is -0.325.